The molecule has 1 amide bonds. The van der Waals surface area contributed by atoms with Gasteiger partial charge >= 0.3 is 0 Å². The molecule has 0 atom stereocenters. The topological polar surface area (TPSA) is 73.0 Å². The van der Waals surface area contributed by atoms with E-state index in [4.69, 9.17) is 4.52 Å². The number of carbonyl (C=O) groups is 1. The van der Waals surface area contributed by atoms with E-state index in [0.29, 0.717) is 24.4 Å². The zero-order chi connectivity index (χ0) is 17.2. The van der Waals surface area contributed by atoms with Gasteiger partial charge in [-0.2, -0.15) is 5.10 Å². The van der Waals surface area contributed by atoms with Crippen molar-refractivity contribution in [3.63, 3.8) is 0 Å². The molecule has 1 aliphatic carbocycles. The van der Waals surface area contributed by atoms with Crippen LogP contribution in [0.1, 0.15) is 40.5 Å². The fraction of sp³-hybridized carbons (Fsp3) is 0.278. The molecule has 2 heterocycles. The SMILES string of the molecule is O=C(NCCc1ccn(-c2ccc(F)cc2)n1)c1conc1C1CC1. The van der Waals surface area contributed by atoms with Gasteiger partial charge in [-0.05, 0) is 43.2 Å². The molecule has 7 heteroatoms. The van der Waals surface area contributed by atoms with Crippen molar-refractivity contribution in [1.29, 1.82) is 0 Å². The van der Waals surface area contributed by atoms with Gasteiger partial charge in [-0.25, -0.2) is 9.07 Å². The zero-order valence-electron chi connectivity index (χ0n) is 13.5. The van der Waals surface area contributed by atoms with Gasteiger partial charge in [-0.15, -0.1) is 0 Å². The summed E-state index contributed by atoms with van der Waals surface area (Å²) in [7, 11) is 0. The lowest BCUT2D eigenvalue weighted by Gasteiger charge is -2.03. The Morgan fingerprint density at radius 2 is 2.08 bits per heavy atom. The molecule has 1 aliphatic rings. The van der Waals surface area contributed by atoms with Crippen LogP contribution >= 0.6 is 0 Å². The van der Waals surface area contributed by atoms with Crippen molar-refractivity contribution in [3.05, 3.63) is 65.6 Å². The third-order valence-electron chi connectivity index (χ3n) is 4.21. The molecule has 4 rings (SSSR count). The molecule has 0 spiro atoms. The smallest absolute Gasteiger partial charge is 0.256 e. The van der Waals surface area contributed by atoms with Crippen LogP contribution in [-0.2, 0) is 6.42 Å². The minimum Gasteiger partial charge on any atom is -0.364 e. The fourth-order valence-electron chi connectivity index (χ4n) is 2.70. The summed E-state index contributed by atoms with van der Waals surface area (Å²) in [6, 6.07) is 8.00. The summed E-state index contributed by atoms with van der Waals surface area (Å²) in [5.74, 6) is -0.0785. The van der Waals surface area contributed by atoms with Gasteiger partial charge in [0.05, 0.1) is 17.1 Å². The summed E-state index contributed by atoms with van der Waals surface area (Å²) in [5.41, 5.74) is 2.92. The first kappa shape index (κ1) is 15.6. The predicted octanol–water partition coefficient (Wildman–Crippen LogP) is 2.85. The van der Waals surface area contributed by atoms with Crippen LogP contribution in [0.15, 0.2) is 47.3 Å². The van der Waals surface area contributed by atoms with Gasteiger partial charge in [-0.3, -0.25) is 4.79 Å². The van der Waals surface area contributed by atoms with Crippen molar-refractivity contribution in [2.24, 2.45) is 0 Å². The van der Waals surface area contributed by atoms with Crippen LogP contribution in [0, 0.1) is 5.82 Å². The van der Waals surface area contributed by atoms with E-state index in [0.717, 1.165) is 29.9 Å². The van der Waals surface area contributed by atoms with Crippen LogP contribution in [0.2, 0.25) is 0 Å². The highest BCUT2D eigenvalue weighted by Gasteiger charge is 2.31. The maximum atomic E-state index is 13.0. The normalized spacial score (nSPS) is 13.8. The Bertz CT molecular complexity index is 881. The first-order valence-electron chi connectivity index (χ1n) is 8.23. The molecule has 1 aromatic carbocycles. The Labute approximate surface area is 143 Å². The third-order valence-corrected chi connectivity index (χ3v) is 4.21. The summed E-state index contributed by atoms with van der Waals surface area (Å²) in [6.07, 6.45) is 5.95. The van der Waals surface area contributed by atoms with E-state index in [9.17, 15) is 9.18 Å². The molecule has 0 bridgehead atoms. The monoisotopic (exact) mass is 340 g/mol. The van der Waals surface area contributed by atoms with Crippen LogP contribution < -0.4 is 5.32 Å². The number of hydrogen-bond donors (Lipinski definition) is 1. The minimum absolute atomic E-state index is 0.166. The van der Waals surface area contributed by atoms with Gasteiger partial charge in [0.25, 0.3) is 5.91 Å². The van der Waals surface area contributed by atoms with Crippen molar-refractivity contribution in [1.82, 2.24) is 20.3 Å². The molecule has 0 radical (unpaired) electrons. The quantitative estimate of drug-likeness (QED) is 0.749. The molecule has 1 N–H and O–H groups in total. The summed E-state index contributed by atoms with van der Waals surface area (Å²) in [6.45, 7) is 0.467. The largest absolute Gasteiger partial charge is 0.364 e. The summed E-state index contributed by atoms with van der Waals surface area (Å²) < 4.78 is 19.6. The van der Waals surface area contributed by atoms with Crippen LogP contribution in [0.4, 0.5) is 4.39 Å². The summed E-state index contributed by atoms with van der Waals surface area (Å²) >= 11 is 0. The van der Waals surface area contributed by atoms with Crippen molar-refractivity contribution >= 4 is 5.91 Å². The second-order valence-corrected chi connectivity index (χ2v) is 6.12. The van der Waals surface area contributed by atoms with Crippen molar-refractivity contribution in [2.75, 3.05) is 6.54 Å². The van der Waals surface area contributed by atoms with Gasteiger partial charge in [-0.1, -0.05) is 5.16 Å². The molecular weight excluding hydrogens is 323 g/mol. The second-order valence-electron chi connectivity index (χ2n) is 6.12. The molecule has 0 unspecified atom stereocenters. The molecule has 0 saturated heterocycles. The number of hydrogen-bond acceptors (Lipinski definition) is 4. The fourth-order valence-corrected chi connectivity index (χ4v) is 2.70. The zero-order valence-corrected chi connectivity index (χ0v) is 13.5. The third kappa shape index (κ3) is 3.45. The highest BCUT2D eigenvalue weighted by molar-refractivity contribution is 5.95. The first-order valence-corrected chi connectivity index (χ1v) is 8.23. The van der Waals surface area contributed by atoms with Gasteiger partial charge < -0.3 is 9.84 Å². The van der Waals surface area contributed by atoms with E-state index < -0.39 is 0 Å². The van der Waals surface area contributed by atoms with Crippen LogP contribution in [0.3, 0.4) is 0 Å². The van der Waals surface area contributed by atoms with E-state index >= 15 is 0 Å². The van der Waals surface area contributed by atoms with E-state index in [1.54, 1.807) is 16.8 Å². The number of nitrogens with zero attached hydrogens (tertiary/aromatic N) is 3. The molecule has 1 fully saturated rings. The van der Waals surface area contributed by atoms with Crippen LogP contribution in [-0.4, -0.2) is 27.4 Å². The number of benzene rings is 1. The average molecular weight is 340 g/mol. The number of nitrogens with one attached hydrogen (secondary N) is 1. The molecule has 1 saturated carbocycles. The maximum absolute atomic E-state index is 13.0. The van der Waals surface area contributed by atoms with Gasteiger partial charge in [0, 0.05) is 25.1 Å². The number of amides is 1. The van der Waals surface area contributed by atoms with E-state index in [2.05, 4.69) is 15.6 Å². The first-order chi connectivity index (χ1) is 12.2. The van der Waals surface area contributed by atoms with E-state index in [1.807, 2.05) is 12.3 Å². The molecule has 2 aromatic heterocycles. The van der Waals surface area contributed by atoms with E-state index in [-0.39, 0.29) is 11.7 Å². The number of halogens is 1. The van der Waals surface area contributed by atoms with Crippen LogP contribution in [0.5, 0.6) is 0 Å². The lowest BCUT2D eigenvalue weighted by Crippen LogP contribution is -2.26. The predicted molar refractivity (Wildman–Crippen MR) is 88.0 cm³/mol. The van der Waals surface area contributed by atoms with Gasteiger partial charge in [0.1, 0.15) is 17.6 Å². The Hall–Kier alpha value is -2.96. The van der Waals surface area contributed by atoms with E-state index in [1.165, 1.54) is 18.4 Å². The number of carbonyl (C=O) groups excluding carboxylic acids is 1. The van der Waals surface area contributed by atoms with Crippen molar-refractivity contribution in [3.8, 4) is 5.69 Å². The highest BCUT2D eigenvalue weighted by atomic mass is 19.1. The Morgan fingerprint density at radius 1 is 1.28 bits per heavy atom. The molecule has 25 heavy (non-hydrogen) atoms. The molecular formula is C18H17FN4O2. The number of rotatable bonds is 6. The van der Waals surface area contributed by atoms with Gasteiger partial charge in [0.15, 0.2) is 0 Å². The highest BCUT2D eigenvalue weighted by Crippen LogP contribution is 2.40. The number of aromatic nitrogens is 3. The molecule has 3 aromatic rings. The Morgan fingerprint density at radius 3 is 2.84 bits per heavy atom. The maximum Gasteiger partial charge on any atom is 0.256 e. The second kappa shape index (κ2) is 6.51. The molecule has 6 nitrogen and oxygen atoms in total. The standard InChI is InChI=1S/C18H17FN4O2/c19-13-3-5-15(6-4-13)23-10-8-14(21-23)7-9-20-18(24)16-11-25-22-17(16)12-1-2-12/h3-6,8,10-12H,1-2,7,9H2,(H,20,24). The lowest BCUT2D eigenvalue weighted by molar-refractivity contribution is 0.0952. The average Bonchev–Trinajstić information content (AvgIpc) is 3.15. The Kier molecular flexibility index (Phi) is 4.05. The van der Waals surface area contributed by atoms with Gasteiger partial charge in [0.2, 0.25) is 0 Å². The van der Waals surface area contributed by atoms with Crippen molar-refractivity contribution in [2.45, 2.75) is 25.2 Å². The van der Waals surface area contributed by atoms with Crippen molar-refractivity contribution < 1.29 is 13.7 Å². The lowest BCUT2D eigenvalue weighted by atomic mass is 10.1. The summed E-state index contributed by atoms with van der Waals surface area (Å²) in [5, 5.41) is 11.2. The molecule has 0 aliphatic heterocycles. The molecule has 128 valence electrons. The summed E-state index contributed by atoms with van der Waals surface area (Å²) in [4.78, 5) is 12.2. The minimum atomic E-state index is -0.279. The van der Waals surface area contributed by atoms with Crippen LogP contribution in [0.25, 0.3) is 5.69 Å². The Balaban J connectivity index is 1.33.